The molecule has 0 radical (unpaired) electrons. The monoisotopic (exact) mass is 294 g/mol. The zero-order chi connectivity index (χ0) is 15.7. The van der Waals surface area contributed by atoms with Crippen LogP contribution in [0.1, 0.15) is 28.9 Å². The van der Waals surface area contributed by atoms with Crippen LogP contribution >= 0.6 is 0 Å². The van der Waals surface area contributed by atoms with Crippen LogP contribution in [0.25, 0.3) is 5.69 Å². The van der Waals surface area contributed by atoms with E-state index < -0.39 is 5.91 Å². The molecule has 1 fully saturated rings. The molecule has 0 atom stereocenters. The molecule has 1 aliphatic rings. The van der Waals surface area contributed by atoms with Crippen molar-refractivity contribution in [2.45, 2.75) is 12.8 Å². The third-order valence-electron chi connectivity index (χ3n) is 3.43. The molecule has 1 heterocycles. The summed E-state index contributed by atoms with van der Waals surface area (Å²) in [5.74, 6) is 1.75. The zero-order valence-electron chi connectivity index (χ0n) is 11.7. The van der Waals surface area contributed by atoms with Gasteiger partial charge in [0.2, 0.25) is 5.91 Å². The Bertz CT molecular complexity index is 797. The number of hydrogen-bond acceptors (Lipinski definition) is 3. The van der Waals surface area contributed by atoms with E-state index in [2.05, 4.69) is 16.3 Å². The van der Waals surface area contributed by atoms with E-state index in [1.165, 1.54) is 4.68 Å². The van der Waals surface area contributed by atoms with E-state index >= 15 is 0 Å². The Balaban J connectivity index is 1.96. The van der Waals surface area contributed by atoms with Crippen molar-refractivity contribution >= 4 is 17.5 Å². The largest absolute Gasteiger partial charge is 0.364 e. The summed E-state index contributed by atoms with van der Waals surface area (Å²) >= 11 is 0. The van der Waals surface area contributed by atoms with Crippen molar-refractivity contribution in [1.29, 1.82) is 0 Å². The molecule has 1 aromatic carbocycles. The van der Waals surface area contributed by atoms with Crippen molar-refractivity contribution in [3.8, 4) is 18.0 Å². The Labute approximate surface area is 127 Å². The van der Waals surface area contributed by atoms with Crippen molar-refractivity contribution in [3.63, 3.8) is 0 Å². The second-order valence-corrected chi connectivity index (χ2v) is 5.16. The van der Waals surface area contributed by atoms with Crippen LogP contribution in [-0.4, -0.2) is 21.6 Å². The first-order chi connectivity index (χ1) is 10.6. The van der Waals surface area contributed by atoms with Crippen molar-refractivity contribution in [3.05, 3.63) is 41.7 Å². The summed E-state index contributed by atoms with van der Waals surface area (Å²) in [7, 11) is 0. The maximum atomic E-state index is 11.9. The number of nitrogens with zero attached hydrogens (tertiary/aromatic N) is 2. The molecule has 0 unspecified atom stereocenters. The van der Waals surface area contributed by atoms with Crippen LogP contribution in [0.15, 0.2) is 30.5 Å². The number of amides is 2. The Hall–Kier alpha value is -3.07. The van der Waals surface area contributed by atoms with Gasteiger partial charge in [0.15, 0.2) is 5.69 Å². The van der Waals surface area contributed by atoms with Crippen LogP contribution < -0.4 is 11.1 Å². The minimum absolute atomic E-state index is 0.0221. The van der Waals surface area contributed by atoms with Gasteiger partial charge in [0.05, 0.1) is 17.6 Å². The predicted molar refractivity (Wildman–Crippen MR) is 81.4 cm³/mol. The molecule has 0 spiro atoms. The molecule has 0 aliphatic heterocycles. The highest BCUT2D eigenvalue weighted by atomic mass is 16.2. The zero-order valence-corrected chi connectivity index (χ0v) is 11.7. The molecule has 22 heavy (non-hydrogen) atoms. The first-order valence-corrected chi connectivity index (χ1v) is 6.86. The van der Waals surface area contributed by atoms with Crippen molar-refractivity contribution < 1.29 is 9.59 Å². The van der Waals surface area contributed by atoms with Crippen LogP contribution in [0.2, 0.25) is 0 Å². The van der Waals surface area contributed by atoms with E-state index in [0.29, 0.717) is 16.9 Å². The number of hydrogen-bond donors (Lipinski definition) is 2. The number of nitrogens with one attached hydrogen (secondary N) is 1. The topological polar surface area (TPSA) is 90.0 Å². The molecule has 6 heteroatoms. The van der Waals surface area contributed by atoms with Crippen LogP contribution in [0.5, 0.6) is 0 Å². The van der Waals surface area contributed by atoms with Gasteiger partial charge >= 0.3 is 0 Å². The van der Waals surface area contributed by atoms with Gasteiger partial charge in [0, 0.05) is 11.5 Å². The molecule has 2 amide bonds. The van der Waals surface area contributed by atoms with Gasteiger partial charge in [-0.3, -0.25) is 9.59 Å². The Kier molecular flexibility index (Phi) is 3.39. The average molecular weight is 294 g/mol. The molecule has 1 saturated carbocycles. The highest BCUT2D eigenvalue weighted by Crippen LogP contribution is 2.30. The fraction of sp³-hybridized carbons (Fsp3) is 0.188. The number of benzene rings is 1. The van der Waals surface area contributed by atoms with Gasteiger partial charge in [0.1, 0.15) is 0 Å². The smallest absolute Gasteiger partial charge is 0.271 e. The van der Waals surface area contributed by atoms with Crippen LogP contribution in [-0.2, 0) is 4.79 Å². The van der Waals surface area contributed by atoms with Crippen LogP contribution in [0.3, 0.4) is 0 Å². The fourth-order valence-corrected chi connectivity index (χ4v) is 2.10. The molecule has 0 bridgehead atoms. The van der Waals surface area contributed by atoms with E-state index in [1.807, 2.05) is 0 Å². The predicted octanol–water partition coefficient (Wildman–Crippen LogP) is 1.30. The molecule has 2 aromatic rings. The lowest BCUT2D eigenvalue weighted by Gasteiger charge is -2.02. The van der Waals surface area contributed by atoms with E-state index in [1.54, 1.807) is 30.5 Å². The second-order valence-electron chi connectivity index (χ2n) is 5.16. The highest BCUT2D eigenvalue weighted by molar-refractivity contribution is 6.02. The molecule has 6 nitrogen and oxygen atoms in total. The van der Waals surface area contributed by atoms with Gasteiger partial charge in [-0.2, -0.15) is 5.10 Å². The van der Waals surface area contributed by atoms with Crippen molar-refractivity contribution in [2.75, 3.05) is 5.32 Å². The maximum absolute atomic E-state index is 11.9. The lowest BCUT2D eigenvalue weighted by Crippen LogP contribution is -2.18. The van der Waals surface area contributed by atoms with E-state index in [9.17, 15) is 9.59 Å². The Morgan fingerprint density at radius 3 is 2.82 bits per heavy atom. The number of anilines is 1. The van der Waals surface area contributed by atoms with E-state index in [4.69, 9.17) is 12.2 Å². The van der Waals surface area contributed by atoms with Gasteiger partial charge in [-0.25, -0.2) is 4.68 Å². The van der Waals surface area contributed by atoms with Crippen molar-refractivity contribution in [2.24, 2.45) is 11.7 Å². The highest BCUT2D eigenvalue weighted by Gasteiger charge is 2.30. The van der Waals surface area contributed by atoms with Gasteiger partial charge in [-0.1, -0.05) is 12.0 Å². The molecule has 1 aliphatic carbocycles. The van der Waals surface area contributed by atoms with Crippen molar-refractivity contribution in [1.82, 2.24) is 9.78 Å². The summed E-state index contributed by atoms with van der Waals surface area (Å²) in [5, 5.41) is 6.86. The summed E-state index contributed by atoms with van der Waals surface area (Å²) in [6.07, 6.45) is 8.68. The standard InChI is InChI=1S/C16H14N4O2/c1-2-10-4-3-5-12(8-10)20-9-13(14(19-20)15(17)21)18-16(22)11-6-7-11/h1,3-5,8-9,11H,6-7H2,(H2,17,21)(H,18,22). The summed E-state index contributed by atoms with van der Waals surface area (Å²) < 4.78 is 1.48. The first kappa shape index (κ1) is 13.9. The third kappa shape index (κ3) is 2.69. The number of nitrogens with two attached hydrogens (primary N) is 1. The number of primary amides is 1. The number of terminal acetylenes is 1. The minimum Gasteiger partial charge on any atom is -0.364 e. The molecular formula is C16H14N4O2. The van der Waals surface area contributed by atoms with Gasteiger partial charge in [-0.05, 0) is 31.0 Å². The SMILES string of the molecule is C#Cc1cccc(-n2cc(NC(=O)C3CC3)c(C(N)=O)n2)c1. The summed E-state index contributed by atoms with van der Waals surface area (Å²) in [6, 6.07) is 7.13. The fourth-order valence-electron chi connectivity index (χ4n) is 2.10. The average Bonchev–Trinajstić information content (AvgIpc) is 3.28. The number of carbonyl (C=O) groups is 2. The quantitative estimate of drug-likeness (QED) is 0.833. The maximum Gasteiger partial charge on any atom is 0.271 e. The number of carbonyl (C=O) groups excluding carboxylic acids is 2. The molecule has 0 saturated heterocycles. The Morgan fingerprint density at radius 2 is 2.18 bits per heavy atom. The van der Waals surface area contributed by atoms with Gasteiger partial charge < -0.3 is 11.1 Å². The lowest BCUT2D eigenvalue weighted by atomic mass is 10.2. The van der Waals surface area contributed by atoms with E-state index in [-0.39, 0.29) is 17.5 Å². The summed E-state index contributed by atoms with van der Waals surface area (Å²) in [4.78, 5) is 23.4. The normalized spacial score (nSPS) is 13.4. The summed E-state index contributed by atoms with van der Waals surface area (Å²) in [5.41, 5.74) is 7.05. The number of aromatic nitrogens is 2. The van der Waals surface area contributed by atoms with Gasteiger partial charge in [-0.15, -0.1) is 6.42 Å². The van der Waals surface area contributed by atoms with Crippen LogP contribution in [0.4, 0.5) is 5.69 Å². The molecular weight excluding hydrogens is 280 g/mol. The molecule has 110 valence electrons. The van der Waals surface area contributed by atoms with Crippen LogP contribution in [0, 0.1) is 18.3 Å². The number of rotatable bonds is 4. The van der Waals surface area contributed by atoms with E-state index in [0.717, 1.165) is 12.8 Å². The minimum atomic E-state index is -0.696. The van der Waals surface area contributed by atoms with Gasteiger partial charge in [0.25, 0.3) is 5.91 Å². The third-order valence-corrected chi connectivity index (χ3v) is 3.43. The molecule has 3 N–H and O–H groups in total. The summed E-state index contributed by atoms with van der Waals surface area (Å²) in [6.45, 7) is 0. The second kappa shape index (κ2) is 5.37. The lowest BCUT2D eigenvalue weighted by molar-refractivity contribution is -0.117. The molecule has 3 rings (SSSR count). The Morgan fingerprint density at radius 1 is 1.41 bits per heavy atom. The molecule has 1 aromatic heterocycles. The first-order valence-electron chi connectivity index (χ1n) is 6.86.